The van der Waals surface area contributed by atoms with Gasteiger partial charge in [0.15, 0.2) is 0 Å². The number of carbonyl (C=O) groups excluding carboxylic acids is 2. The van der Waals surface area contributed by atoms with Crippen molar-refractivity contribution in [1.29, 1.82) is 0 Å². The zero-order chi connectivity index (χ0) is 27.9. The second-order valence-electron chi connectivity index (χ2n) is 9.75. The van der Waals surface area contributed by atoms with Crippen molar-refractivity contribution in [3.8, 4) is 11.5 Å². The third kappa shape index (κ3) is 6.38. The minimum Gasteiger partial charge on any atom is -0.474 e. The summed E-state index contributed by atoms with van der Waals surface area (Å²) in [6, 6.07) is 31.8. The van der Waals surface area contributed by atoms with Gasteiger partial charge in [-0.1, -0.05) is 66.7 Å². The average Bonchev–Trinajstić information content (AvgIpc) is 3.41. The van der Waals surface area contributed by atoms with Gasteiger partial charge in [-0.25, -0.2) is 4.79 Å². The highest BCUT2D eigenvalue weighted by Gasteiger charge is 2.33. The van der Waals surface area contributed by atoms with Crippen LogP contribution in [0.2, 0.25) is 0 Å². The number of amides is 2. The molecular weight excluding hydrogens is 504 g/mol. The minimum absolute atomic E-state index is 0.149. The van der Waals surface area contributed by atoms with E-state index in [1.807, 2.05) is 78.9 Å². The molecule has 0 saturated carbocycles. The lowest BCUT2D eigenvalue weighted by atomic mass is 10.0. The molecule has 2 amide bonds. The van der Waals surface area contributed by atoms with Gasteiger partial charge in [-0.3, -0.25) is 9.59 Å². The SMILES string of the molecule is O=C(O)C(=O)N(Cc1ccc(C(=O)NCCc2ccc(Oc3ccccc3)cc2)cc1)C1CCc2ccccc21. The fraction of sp³-hybridized carbons (Fsp3) is 0.182. The summed E-state index contributed by atoms with van der Waals surface area (Å²) in [5.41, 5.74) is 4.46. The molecule has 0 radical (unpaired) electrons. The fourth-order valence-corrected chi connectivity index (χ4v) is 5.03. The van der Waals surface area contributed by atoms with E-state index >= 15 is 0 Å². The summed E-state index contributed by atoms with van der Waals surface area (Å²) in [6.45, 7) is 0.622. The van der Waals surface area contributed by atoms with Gasteiger partial charge in [0, 0.05) is 18.7 Å². The topological polar surface area (TPSA) is 95.9 Å². The van der Waals surface area contributed by atoms with Crippen molar-refractivity contribution in [2.75, 3.05) is 6.54 Å². The van der Waals surface area contributed by atoms with Crippen molar-refractivity contribution in [3.63, 3.8) is 0 Å². The molecule has 40 heavy (non-hydrogen) atoms. The van der Waals surface area contributed by atoms with Crippen LogP contribution in [0, 0.1) is 0 Å². The number of benzene rings is 4. The van der Waals surface area contributed by atoms with Crippen LogP contribution < -0.4 is 10.1 Å². The van der Waals surface area contributed by atoms with Gasteiger partial charge in [0.25, 0.3) is 5.91 Å². The molecular formula is C33H30N2O5. The lowest BCUT2D eigenvalue weighted by Crippen LogP contribution is -2.38. The van der Waals surface area contributed by atoms with Crippen molar-refractivity contribution in [2.24, 2.45) is 0 Å². The largest absolute Gasteiger partial charge is 0.474 e. The van der Waals surface area contributed by atoms with Gasteiger partial charge in [-0.2, -0.15) is 0 Å². The zero-order valence-corrected chi connectivity index (χ0v) is 22.0. The highest BCUT2D eigenvalue weighted by atomic mass is 16.5. The van der Waals surface area contributed by atoms with Crippen molar-refractivity contribution in [2.45, 2.75) is 31.8 Å². The Bertz CT molecular complexity index is 1480. The van der Waals surface area contributed by atoms with E-state index < -0.39 is 11.9 Å². The first-order valence-corrected chi connectivity index (χ1v) is 13.3. The molecule has 1 aliphatic rings. The number of aliphatic carboxylic acids is 1. The first-order valence-electron chi connectivity index (χ1n) is 13.3. The maximum Gasteiger partial charge on any atom is 0.394 e. The molecule has 4 aromatic rings. The van der Waals surface area contributed by atoms with Crippen LogP contribution in [0.25, 0.3) is 0 Å². The normalized spacial score (nSPS) is 13.8. The predicted octanol–water partition coefficient (Wildman–Crippen LogP) is 5.55. The van der Waals surface area contributed by atoms with Crippen LogP contribution in [0.4, 0.5) is 0 Å². The Morgan fingerprint density at radius 2 is 1.45 bits per heavy atom. The van der Waals surface area contributed by atoms with E-state index in [1.165, 1.54) is 4.90 Å². The van der Waals surface area contributed by atoms with Gasteiger partial charge in [-0.15, -0.1) is 0 Å². The Kier molecular flexibility index (Phi) is 8.21. The number of nitrogens with one attached hydrogen (secondary N) is 1. The number of carbonyl (C=O) groups is 3. The molecule has 0 bridgehead atoms. The predicted molar refractivity (Wildman–Crippen MR) is 151 cm³/mol. The highest BCUT2D eigenvalue weighted by molar-refractivity contribution is 6.31. The number of fused-ring (bicyclic) bond motifs is 1. The number of hydrogen-bond donors (Lipinski definition) is 2. The monoisotopic (exact) mass is 534 g/mol. The molecule has 0 aliphatic heterocycles. The standard InChI is InChI=1S/C33H30N2O5/c36-31(34-21-20-23-12-17-28(18-13-23)40-27-7-2-1-3-8-27)26-14-10-24(11-15-26)22-35(32(37)33(38)39)30-19-16-25-6-4-5-9-29(25)30/h1-15,17-18,30H,16,19-22H2,(H,34,36)(H,38,39). The molecule has 202 valence electrons. The van der Waals surface area contributed by atoms with Crippen molar-refractivity contribution in [3.05, 3.63) is 131 Å². The van der Waals surface area contributed by atoms with Crippen molar-refractivity contribution in [1.82, 2.24) is 10.2 Å². The second-order valence-corrected chi connectivity index (χ2v) is 9.75. The Balaban J connectivity index is 1.15. The summed E-state index contributed by atoms with van der Waals surface area (Å²) in [4.78, 5) is 38.3. The molecule has 0 spiro atoms. The van der Waals surface area contributed by atoms with Crippen LogP contribution >= 0.6 is 0 Å². The van der Waals surface area contributed by atoms with Crippen molar-refractivity contribution >= 4 is 17.8 Å². The van der Waals surface area contributed by atoms with Gasteiger partial charge in [0.05, 0.1) is 6.04 Å². The van der Waals surface area contributed by atoms with E-state index in [9.17, 15) is 19.5 Å². The minimum atomic E-state index is -1.47. The highest BCUT2D eigenvalue weighted by Crippen LogP contribution is 2.36. The molecule has 2 N–H and O–H groups in total. The fourth-order valence-electron chi connectivity index (χ4n) is 5.03. The van der Waals surface area contributed by atoms with Gasteiger partial charge < -0.3 is 20.1 Å². The molecule has 7 heteroatoms. The second kappa shape index (κ2) is 12.3. The Morgan fingerprint density at radius 3 is 2.17 bits per heavy atom. The van der Waals surface area contributed by atoms with Crippen LogP contribution in [0.3, 0.4) is 0 Å². The number of hydrogen-bond acceptors (Lipinski definition) is 4. The lowest BCUT2D eigenvalue weighted by Gasteiger charge is -2.28. The van der Waals surface area contributed by atoms with Crippen LogP contribution in [0.15, 0.2) is 103 Å². The third-order valence-corrected chi connectivity index (χ3v) is 7.09. The summed E-state index contributed by atoms with van der Waals surface area (Å²) in [6.07, 6.45) is 2.15. The maximum absolute atomic E-state index is 12.7. The quantitative estimate of drug-likeness (QED) is 0.275. The molecule has 5 rings (SSSR count). The van der Waals surface area contributed by atoms with Gasteiger partial charge >= 0.3 is 11.9 Å². The third-order valence-electron chi connectivity index (χ3n) is 7.09. The Morgan fingerprint density at radius 1 is 0.800 bits per heavy atom. The smallest absolute Gasteiger partial charge is 0.394 e. The number of carboxylic acid groups (broad SMARTS) is 1. The number of para-hydroxylation sites is 1. The van der Waals surface area contributed by atoms with Crippen LogP contribution in [0.5, 0.6) is 11.5 Å². The number of nitrogens with zero attached hydrogens (tertiary/aromatic N) is 1. The Labute approximate surface area is 233 Å². The number of aryl methyl sites for hydroxylation is 1. The molecule has 0 fully saturated rings. The Hall–Kier alpha value is -4.91. The summed E-state index contributed by atoms with van der Waals surface area (Å²) in [5.74, 6) is -1.07. The molecule has 7 nitrogen and oxygen atoms in total. The molecule has 0 aromatic heterocycles. The van der Waals surface area contributed by atoms with E-state index in [4.69, 9.17) is 4.74 Å². The summed E-state index contributed by atoms with van der Waals surface area (Å²) >= 11 is 0. The van der Waals surface area contributed by atoms with E-state index in [0.29, 0.717) is 24.9 Å². The van der Waals surface area contributed by atoms with Crippen LogP contribution in [-0.4, -0.2) is 34.3 Å². The molecule has 1 aliphatic carbocycles. The first-order chi connectivity index (χ1) is 19.5. The van der Waals surface area contributed by atoms with E-state index in [-0.39, 0.29) is 18.5 Å². The van der Waals surface area contributed by atoms with Crippen LogP contribution in [-0.2, 0) is 29.0 Å². The lowest BCUT2D eigenvalue weighted by molar-refractivity contribution is -0.157. The van der Waals surface area contributed by atoms with E-state index in [0.717, 1.165) is 40.2 Å². The molecule has 1 unspecified atom stereocenters. The number of ether oxygens (including phenoxy) is 1. The summed E-state index contributed by atoms with van der Waals surface area (Å²) < 4.78 is 5.82. The molecule has 4 aromatic carbocycles. The van der Waals surface area contributed by atoms with E-state index in [1.54, 1.807) is 24.3 Å². The van der Waals surface area contributed by atoms with Crippen LogP contribution in [0.1, 0.15) is 45.1 Å². The zero-order valence-electron chi connectivity index (χ0n) is 22.0. The first kappa shape index (κ1) is 26.7. The van der Waals surface area contributed by atoms with E-state index in [2.05, 4.69) is 5.32 Å². The summed E-state index contributed by atoms with van der Waals surface area (Å²) in [5, 5.41) is 12.4. The number of carboxylic acids is 1. The average molecular weight is 535 g/mol. The molecule has 1 atom stereocenters. The summed E-state index contributed by atoms with van der Waals surface area (Å²) in [7, 11) is 0. The van der Waals surface area contributed by atoms with Gasteiger partial charge in [-0.05, 0) is 77.9 Å². The van der Waals surface area contributed by atoms with Crippen molar-refractivity contribution < 1.29 is 24.2 Å². The number of rotatable bonds is 9. The molecule has 0 saturated heterocycles. The van der Waals surface area contributed by atoms with Gasteiger partial charge in [0.1, 0.15) is 11.5 Å². The van der Waals surface area contributed by atoms with Gasteiger partial charge in [0.2, 0.25) is 0 Å². The molecule has 0 heterocycles. The maximum atomic E-state index is 12.7.